The molecule has 106 valence electrons. The molecule has 2 atom stereocenters. The molecule has 4 nitrogen and oxygen atoms in total. The third-order valence-electron chi connectivity index (χ3n) is 3.92. The summed E-state index contributed by atoms with van der Waals surface area (Å²) in [6, 6.07) is 2.26. The Kier molecular flexibility index (Phi) is 5.31. The number of carbonyl (C=O) groups excluding carboxylic acids is 1. The van der Waals surface area contributed by atoms with E-state index in [-0.39, 0.29) is 5.91 Å². The smallest absolute Gasteiger partial charge is 0.232 e. The van der Waals surface area contributed by atoms with Crippen LogP contribution in [-0.4, -0.2) is 34.8 Å². The van der Waals surface area contributed by atoms with Crippen LogP contribution >= 0.6 is 11.8 Å². The van der Waals surface area contributed by atoms with Gasteiger partial charge >= 0.3 is 0 Å². The van der Waals surface area contributed by atoms with Gasteiger partial charge in [-0.1, -0.05) is 24.9 Å². The molecule has 0 saturated heterocycles. The van der Waals surface area contributed by atoms with E-state index in [0.717, 1.165) is 17.9 Å². The lowest BCUT2D eigenvalue weighted by atomic mass is 9.85. The molecule has 0 bridgehead atoms. The maximum absolute atomic E-state index is 12.2. The first-order valence-corrected chi connectivity index (χ1v) is 8.06. The maximum atomic E-state index is 12.2. The Morgan fingerprint density at radius 3 is 3.00 bits per heavy atom. The zero-order valence-electron chi connectivity index (χ0n) is 11.7. The van der Waals surface area contributed by atoms with Crippen LogP contribution < -0.4 is 0 Å². The molecule has 1 aromatic rings. The first-order valence-electron chi connectivity index (χ1n) is 6.91. The third kappa shape index (κ3) is 4.00. The minimum atomic E-state index is 0.229. The van der Waals surface area contributed by atoms with Gasteiger partial charge in [-0.25, -0.2) is 0 Å². The number of thioether (sulfide) groups is 1. The number of rotatable bonds is 5. The van der Waals surface area contributed by atoms with Gasteiger partial charge in [-0.05, 0) is 18.8 Å². The lowest BCUT2D eigenvalue weighted by Gasteiger charge is -2.36. The van der Waals surface area contributed by atoms with Crippen molar-refractivity contribution in [1.29, 1.82) is 0 Å². The molecule has 1 aliphatic carbocycles. The summed E-state index contributed by atoms with van der Waals surface area (Å²) < 4.78 is 4.77. The van der Waals surface area contributed by atoms with E-state index in [0.29, 0.717) is 17.7 Å². The first kappa shape index (κ1) is 14.4. The van der Waals surface area contributed by atoms with Crippen LogP contribution in [0.15, 0.2) is 16.9 Å². The Morgan fingerprint density at radius 2 is 2.32 bits per heavy atom. The van der Waals surface area contributed by atoms with Gasteiger partial charge in [0.05, 0.1) is 11.4 Å². The van der Waals surface area contributed by atoms with Gasteiger partial charge in [0.1, 0.15) is 6.26 Å². The molecule has 1 amide bonds. The molecule has 5 heteroatoms. The molecule has 0 unspecified atom stereocenters. The summed E-state index contributed by atoms with van der Waals surface area (Å²) in [5.74, 6) is 2.11. The summed E-state index contributed by atoms with van der Waals surface area (Å²) >= 11 is 1.60. The summed E-state index contributed by atoms with van der Waals surface area (Å²) in [5, 5.41) is 3.84. The molecule has 0 aromatic carbocycles. The van der Waals surface area contributed by atoms with Gasteiger partial charge in [0.2, 0.25) is 5.91 Å². The molecule has 1 fully saturated rings. The largest absolute Gasteiger partial charge is 0.364 e. The fraction of sp³-hybridized carbons (Fsp3) is 0.714. The van der Waals surface area contributed by atoms with Gasteiger partial charge in [0.15, 0.2) is 0 Å². The number of aromatic nitrogens is 1. The van der Waals surface area contributed by atoms with Crippen LogP contribution in [0.5, 0.6) is 0 Å². The van der Waals surface area contributed by atoms with Crippen molar-refractivity contribution in [2.45, 2.75) is 44.4 Å². The van der Waals surface area contributed by atoms with Crippen molar-refractivity contribution < 1.29 is 9.32 Å². The van der Waals surface area contributed by atoms with Gasteiger partial charge in [-0.2, -0.15) is 0 Å². The summed E-state index contributed by atoms with van der Waals surface area (Å²) in [6.45, 7) is 2.26. The van der Waals surface area contributed by atoms with Crippen LogP contribution in [0.2, 0.25) is 0 Å². The predicted octanol–water partition coefficient (Wildman–Crippen LogP) is 2.94. The number of hydrogen-bond acceptors (Lipinski definition) is 4. The maximum Gasteiger partial charge on any atom is 0.232 e. The highest BCUT2D eigenvalue weighted by Crippen LogP contribution is 2.27. The summed E-state index contributed by atoms with van der Waals surface area (Å²) in [6.07, 6.45) is 6.51. The average molecular weight is 282 g/mol. The van der Waals surface area contributed by atoms with Crippen LogP contribution in [0.1, 0.15) is 38.3 Å². The van der Waals surface area contributed by atoms with Gasteiger partial charge < -0.3 is 9.42 Å². The highest BCUT2D eigenvalue weighted by molar-refractivity contribution is 7.99. The van der Waals surface area contributed by atoms with Crippen molar-refractivity contribution >= 4 is 17.7 Å². The zero-order valence-corrected chi connectivity index (χ0v) is 12.5. The number of amides is 1. The zero-order chi connectivity index (χ0) is 13.7. The van der Waals surface area contributed by atoms with Crippen molar-refractivity contribution in [2.24, 2.45) is 5.92 Å². The first-order chi connectivity index (χ1) is 9.18. The number of nitrogens with zero attached hydrogens (tertiary/aromatic N) is 2. The monoisotopic (exact) mass is 282 g/mol. The minimum Gasteiger partial charge on any atom is -0.364 e. The Hall–Kier alpha value is -0.970. The van der Waals surface area contributed by atoms with Crippen molar-refractivity contribution in [1.82, 2.24) is 10.1 Å². The van der Waals surface area contributed by atoms with E-state index in [1.54, 1.807) is 18.0 Å². The lowest BCUT2D eigenvalue weighted by molar-refractivity contribution is -0.130. The molecule has 0 aliphatic heterocycles. The van der Waals surface area contributed by atoms with Gasteiger partial charge in [-0.15, -0.1) is 11.8 Å². The van der Waals surface area contributed by atoms with E-state index in [1.807, 2.05) is 18.0 Å². The van der Waals surface area contributed by atoms with Crippen LogP contribution in [0.25, 0.3) is 0 Å². The molecule has 1 aliphatic rings. The van der Waals surface area contributed by atoms with Crippen LogP contribution in [-0.2, 0) is 10.5 Å². The third-order valence-corrected chi connectivity index (χ3v) is 4.87. The minimum absolute atomic E-state index is 0.229. The van der Waals surface area contributed by atoms with Crippen molar-refractivity contribution in [2.75, 3.05) is 12.8 Å². The molecular weight excluding hydrogens is 260 g/mol. The van der Waals surface area contributed by atoms with Crippen LogP contribution in [0.4, 0.5) is 0 Å². The van der Waals surface area contributed by atoms with Crippen molar-refractivity contribution in [3.05, 3.63) is 18.0 Å². The molecule has 19 heavy (non-hydrogen) atoms. The Bertz CT molecular complexity index is 394. The van der Waals surface area contributed by atoms with E-state index >= 15 is 0 Å². The number of carbonyl (C=O) groups is 1. The second kappa shape index (κ2) is 6.98. The van der Waals surface area contributed by atoms with E-state index in [2.05, 4.69) is 12.1 Å². The van der Waals surface area contributed by atoms with E-state index < -0.39 is 0 Å². The predicted molar refractivity (Wildman–Crippen MR) is 76.9 cm³/mol. The second-order valence-corrected chi connectivity index (χ2v) is 6.30. The molecule has 1 heterocycles. The quantitative estimate of drug-likeness (QED) is 0.833. The Morgan fingerprint density at radius 1 is 1.53 bits per heavy atom. The molecular formula is C14H22N2O2S. The second-order valence-electron chi connectivity index (χ2n) is 5.32. The van der Waals surface area contributed by atoms with Crippen molar-refractivity contribution in [3.63, 3.8) is 0 Å². The average Bonchev–Trinajstić information content (AvgIpc) is 2.91. The summed E-state index contributed by atoms with van der Waals surface area (Å²) in [5.41, 5.74) is 0.895. The lowest BCUT2D eigenvalue weighted by Crippen LogP contribution is -2.43. The normalized spacial score (nSPS) is 23.3. The summed E-state index contributed by atoms with van der Waals surface area (Å²) in [7, 11) is 1.95. The van der Waals surface area contributed by atoms with E-state index in [4.69, 9.17) is 4.52 Å². The van der Waals surface area contributed by atoms with E-state index in [9.17, 15) is 4.79 Å². The van der Waals surface area contributed by atoms with E-state index in [1.165, 1.54) is 19.3 Å². The van der Waals surface area contributed by atoms with Crippen LogP contribution in [0, 0.1) is 5.92 Å². The highest BCUT2D eigenvalue weighted by atomic mass is 32.2. The van der Waals surface area contributed by atoms with Crippen LogP contribution in [0.3, 0.4) is 0 Å². The Balaban J connectivity index is 1.75. The standard InChI is InChI=1S/C14H22N2O2S/c1-11-5-3-4-6-13(11)16(2)14(17)10-19-9-12-7-8-18-15-12/h7-8,11,13H,3-6,9-10H2,1-2H3/t11-,13-/m1/s1. The molecule has 0 N–H and O–H groups in total. The van der Waals surface area contributed by atoms with Gasteiger partial charge in [-0.3, -0.25) is 4.79 Å². The molecule has 2 rings (SSSR count). The van der Waals surface area contributed by atoms with Gasteiger partial charge in [0.25, 0.3) is 0 Å². The fourth-order valence-corrected chi connectivity index (χ4v) is 3.55. The SMILES string of the molecule is C[C@@H]1CCCC[C@H]1N(C)C(=O)CSCc1ccon1. The van der Waals surface area contributed by atoms with Gasteiger partial charge in [0, 0.05) is 24.9 Å². The molecule has 1 aromatic heterocycles. The Labute approximate surface area is 118 Å². The topological polar surface area (TPSA) is 46.3 Å². The highest BCUT2D eigenvalue weighted by Gasteiger charge is 2.27. The summed E-state index contributed by atoms with van der Waals surface area (Å²) in [4.78, 5) is 14.1. The van der Waals surface area contributed by atoms with Crippen molar-refractivity contribution in [3.8, 4) is 0 Å². The fourth-order valence-electron chi connectivity index (χ4n) is 2.71. The molecule has 0 spiro atoms. The molecule has 0 radical (unpaired) electrons. The molecule has 1 saturated carbocycles. The number of hydrogen-bond donors (Lipinski definition) is 0.